The van der Waals surface area contributed by atoms with E-state index in [1.807, 2.05) is 0 Å². The molecule has 0 aliphatic heterocycles. The van der Waals surface area contributed by atoms with Crippen LogP contribution in [0, 0.1) is 6.92 Å². The molecule has 0 aliphatic carbocycles. The standard InChI is InChI=1S/C15H12ClF3N2O2/c1-7-5-8(16)3-4-9(7)12-10(15(17,18)19)6-11(20)13(21-12)14(22)23-2/h3-6H,20H2,1-2H3. The minimum Gasteiger partial charge on any atom is -0.464 e. The molecule has 1 aromatic carbocycles. The van der Waals surface area contributed by atoms with E-state index in [1.165, 1.54) is 18.2 Å². The number of halogens is 4. The summed E-state index contributed by atoms with van der Waals surface area (Å²) < 4.78 is 44.4. The highest BCUT2D eigenvalue weighted by Crippen LogP contribution is 2.39. The number of nitrogen functional groups attached to an aromatic ring is 1. The molecule has 0 saturated carbocycles. The molecule has 1 aromatic heterocycles. The fraction of sp³-hybridized carbons (Fsp3) is 0.200. The maximum atomic E-state index is 13.3. The van der Waals surface area contributed by atoms with Gasteiger partial charge in [-0.1, -0.05) is 17.7 Å². The van der Waals surface area contributed by atoms with E-state index in [4.69, 9.17) is 17.3 Å². The maximum Gasteiger partial charge on any atom is 0.418 e. The van der Waals surface area contributed by atoms with Crippen molar-refractivity contribution in [3.05, 3.63) is 46.1 Å². The molecule has 1 heterocycles. The van der Waals surface area contributed by atoms with E-state index in [9.17, 15) is 18.0 Å². The monoisotopic (exact) mass is 344 g/mol. The lowest BCUT2D eigenvalue weighted by Gasteiger charge is -2.16. The first-order chi connectivity index (χ1) is 10.6. The van der Waals surface area contributed by atoms with Crippen molar-refractivity contribution < 1.29 is 22.7 Å². The van der Waals surface area contributed by atoms with Gasteiger partial charge in [0, 0.05) is 10.6 Å². The third-order valence-corrected chi connectivity index (χ3v) is 3.41. The molecule has 0 amide bonds. The van der Waals surface area contributed by atoms with Crippen LogP contribution in [0.4, 0.5) is 18.9 Å². The Kier molecular flexibility index (Phi) is 4.51. The second-order valence-corrected chi connectivity index (χ2v) is 5.21. The number of nitrogens with zero attached hydrogens (tertiary/aromatic N) is 1. The second-order valence-electron chi connectivity index (χ2n) is 4.77. The molecule has 23 heavy (non-hydrogen) atoms. The van der Waals surface area contributed by atoms with Crippen LogP contribution in [0.5, 0.6) is 0 Å². The number of alkyl halides is 3. The molecule has 0 fully saturated rings. The number of hydrogen-bond acceptors (Lipinski definition) is 4. The van der Waals surface area contributed by atoms with E-state index >= 15 is 0 Å². The van der Waals surface area contributed by atoms with Crippen LogP contribution in [0.2, 0.25) is 5.02 Å². The molecule has 8 heteroatoms. The Morgan fingerprint density at radius 3 is 2.48 bits per heavy atom. The largest absolute Gasteiger partial charge is 0.464 e. The molecule has 0 saturated heterocycles. The molecule has 0 atom stereocenters. The number of rotatable bonds is 2. The van der Waals surface area contributed by atoms with Crippen LogP contribution in [-0.2, 0) is 10.9 Å². The summed E-state index contributed by atoms with van der Waals surface area (Å²) >= 11 is 5.83. The summed E-state index contributed by atoms with van der Waals surface area (Å²) in [4.78, 5) is 15.5. The topological polar surface area (TPSA) is 65.2 Å². The summed E-state index contributed by atoms with van der Waals surface area (Å²) in [6, 6.07) is 5.04. The Morgan fingerprint density at radius 2 is 1.96 bits per heavy atom. The molecular formula is C15H12ClF3N2O2. The highest BCUT2D eigenvalue weighted by Gasteiger charge is 2.36. The minimum absolute atomic E-state index is 0.201. The van der Waals surface area contributed by atoms with Gasteiger partial charge in [0.15, 0.2) is 5.69 Å². The SMILES string of the molecule is COC(=O)c1nc(-c2ccc(Cl)cc2C)c(C(F)(F)F)cc1N. The fourth-order valence-corrected chi connectivity index (χ4v) is 2.33. The van der Waals surface area contributed by atoms with Crippen LogP contribution in [0.15, 0.2) is 24.3 Å². The molecular weight excluding hydrogens is 333 g/mol. The summed E-state index contributed by atoms with van der Waals surface area (Å²) in [5.41, 5.74) is 3.99. The van der Waals surface area contributed by atoms with Gasteiger partial charge in [-0.25, -0.2) is 9.78 Å². The Morgan fingerprint density at radius 1 is 1.30 bits per heavy atom. The van der Waals surface area contributed by atoms with Gasteiger partial charge in [-0.3, -0.25) is 0 Å². The Hall–Kier alpha value is -2.28. The van der Waals surface area contributed by atoms with Crippen LogP contribution < -0.4 is 5.73 Å². The van der Waals surface area contributed by atoms with E-state index in [0.29, 0.717) is 16.7 Å². The smallest absolute Gasteiger partial charge is 0.418 e. The third-order valence-electron chi connectivity index (χ3n) is 3.18. The van der Waals surface area contributed by atoms with Gasteiger partial charge in [-0.05, 0) is 30.7 Å². The first kappa shape index (κ1) is 17.1. The zero-order valence-corrected chi connectivity index (χ0v) is 12.9. The van der Waals surface area contributed by atoms with Crippen molar-refractivity contribution in [2.24, 2.45) is 0 Å². The molecule has 0 spiro atoms. The lowest BCUT2D eigenvalue weighted by atomic mass is 9.99. The average Bonchev–Trinajstić information content (AvgIpc) is 2.45. The van der Waals surface area contributed by atoms with Gasteiger partial charge in [-0.2, -0.15) is 13.2 Å². The third kappa shape index (κ3) is 3.39. The lowest BCUT2D eigenvalue weighted by Crippen LogP contribution is -2.15. The van der Waals surface area contributed by atoms with Crippen LogP contribution in [-0.4, -0.2) is 18.1 Å². The predicted octanol–water partition coefficient (Wildman–Crippen LogP) is 4.10. The zero-order valence-electron chi connectivity index (χ0n) is 12.2. The van der Waals surface area contributed by atoms with E-state index in [1.54, 1.807) is 6.92 Å². The summed E-state index contributed by atoms with van der Waals surface area (Å²) in [6.45, 7) is 1.59. The fourth-order valence-electron chi connectivity index (χ4n) is 2.10. The molecule has 0 bridgehead atoms. The van der Waals surface area contributed by atoms with Crippen LogP contribution in [0.1, 0.15) is 21.6 Å². The van der Waals surface area contributed by atoms with Gasteiger partial charge in [0.2, 0.25) is 0 Å². The normalized spacial score (nSPS) is 11.4. The number of benzene rings is 1. The van der Waals surface area contributed by atoms with Gasteiger partial charge in [0.25, 0.3) is 0 Å². The summed E-state index contributed by atoms with van der Waals surface area (Å²) in [7, 11) is 1.09. The van der Waals surface area contributed by atoms with E-state index in [2.05, 4.69) is 9.72 Å². The Balaban J connectivity index is 2.80. The maximum absolute atomic E-state index is 13.3. The van der Waals surface area contributed by atoms with E-state index in [0.717, 1.165) is 7.11 Å². The van der Waals surface area contributed by atoms with Gasteiger partial charge in [0.1, 0.15) is 0 Å². The van der Waals surface area contributed by atoms with Crippen LogP contribution in [0.3, 0.4) is 0 Å². The van der Waals surface area contributed by atoms with E-state index < -0.39 is 29.1 Å². The molecule has 0 unspecified atom stereocenters. The Labute approximate surface area is 135 Å². The van der Waals surface area contributed by atoms with Gasteiger partial charge < -0.3 is 10.5 Å². The summed E-state index contributed by atoms with van der Waals surface area (Å²) in [5.74, 6) is -0.913. The number of carbonyl (C=O) groups is 1. The summed E-state index contributed by atoms with van der Waals surface area (Å²) in [6.07, 6.45) is -4.68. The van der Waals surface area contributed by atoms with Crippen molar-refractivity contribution in [2.45, 2.75) is 13.1 Å². The van der Waals surface area contributed by atoms with Crippen LogP contribution >= 0.6 is 11.6 Å². The van der Waals surface area contributed by atoms with Crippen molar-refractivity contribution in [3.63, 3.8) is 0 Å². The number of hydrogen-bond donors (Lipinski definition) is 1. The Bertz CT molecular complexity index is 776. The number of aryl methyl sites for hydroxylation is 1. The number of anilines is 1. The molecule has 2 aromatic rings. The van der Waals surface area contributed by atoms with Crippen molar-refractivity contribution in [1.29, 1.82) is 0 Å². The van der Waals surface area contributed by atoms with Crippen LogP contribution in [0.25, 0.3) is 11.3 Å². The minimum atomic E-state index is -4.68. The highest BCUT2D eigenvalue weighted by atomic mass is 35.5. The van der Waals surface area contributed by atoms with Crippen molar-refractivity contribution >= 4 is 23.3 Å². The number of ether oxygens (including phenoxy) is 1. The first-order valence-corrected chi connectivity index (χ1v) is 6.75. The lowest BCUT2D eigenvalue weighted by molar-refractivity contribution is -0.137. The molecule has 4 nitrogen and oxygen atoms in total. The molecule has 122 valence electrons. The van der Waals surface area contributed by atoms with Crippen molar-refractivity contribution in [1.82, 2.24) is 4.98 Å². The number of carbonyl (C=O) groups excluding carboxylic acids is 1. The van der Waals surface area contributed by atoms with E-state index in [-0.39, 0.29) is 11.3 Å². The van der Waals surface area contributed by atoms with Crippen molar-refractivity contribution in [3.8, 4) is 11.3 Å². The molecule has 2 N–H and O–H groups in total. The quantitative estimate of drug-likeness (QED) is 0.833. The number of esters is 1. The highest BCUT2D eigenvalue weighted by molar-refractivity contribution is 6.30. The predicted molar refractivity (Wildman–Crippen MR) is 80.2 cm³/mol. The molecule has 2 rings (SSSR count). The van der Waals surface area contributed by atoms with Gasteiger partial charge in [-0.15, -0.1) is 0 Å². The van der Waals surface area contributed by atoms with Gasteiger partial charge >= 0.3 is 12.1 Å². The first-order valence-electron chi connectivity index (χ1n) is 6.37. The summed E-state index contributed by atoms with van der Waals surface area (Å²) in [5, 5.41) is 0.378. The number of methoxy groups -OCH3 is 1. The average molecular weight is 345 g/mol. The zero-order chi connectivity index (χ0) is 17.4. The second kappa shape index (κ2) is 6.08. The number of pyridine rings is 1. The number of aromatic nitrogens is 1. The number of nitrogens with two attached hydrogens (primary N) is 1. The van der Waals surface area contributed by atoms with Crippen molar-refractivity contribution in [2.75, 3.05) is 12.8 Å². The molecule has 0 radical (unpaired) electrons. The van der Waals surface area contributed by atoms with Gasteiger partial charge in [0.05, 0.1) is 24.1 Å². The molecule has 0 aliphatic rings.